The molecule has 1 aromatic rings. The van der Waals surface area contributed by atoms with Crippen molar-refractivity contribution in [2.45, 2.75) is 25.9 Å². The van der Waals surface area contributed by atoms with Crippen molar-refractivity contribution in [2.75, 3.05) is 0 Å². The van der Waals surface area contributed by atoms with Crippen molar-refractivity contribution in [3.63, 3.8) is 0 Å². The number of carbonyl (C=O) groups is 1. The molecule has 1 heterocycles. The summed E-state index contributed by atoms with van der Waals surface area (Å²) in [5, 5.41) is 0. The lowest BCUT2D eigenvalue weighted by Crippen LogP contribution is -2.25. The normalized spacial score (nSPS) is 37.9. The molecule has 0 unspecified atom stereocenters. The van der Waals surface area contributed by atoms with Gasteiger partial charge in [-0.05, 0) is 37.8 Å². The Kier molecular flexibility index (Phi) is 2.26. The largest absolute Gasteiger partial charge is 0.460 e. The number of fused-ring (bicyclic) bond motifs is 1. The number of hydrogen-bond donors (Lipinski definition) is 0. The summed E-state index contributed by atoms with van der Waals surface area (Å²) in [4.78, 5) is 11.7. The van der Waals surface area contributed by atoms with E-state index >= 15 is 0 Å². The van der Waals surface area contributed by atoms with E-state index in [1.54, 1.807) is 0 Å². The zero-order valence-electron chi connectivity index (χ0n) is 10.9. The molecule has 1 aliphatic heterocycles. The average Bonchev–Trinajstić information content (AvgIpc) is 3.01. The monoisotopic (exact) mass is 252 g/mol. The van der Waals surface area contributed by atoms with Crippen molar-refractivity contribution in [2.24, 2.45) is 23.7 Å². The van der Waals surface area contributed by atoms with Gasteiger partial charge in [-0.25, -0.2) is 0 Å². The van der Waals surface area contributed by atoms with E-state index in [2.05, 4.69) is 43.0 Å². The molecule has 2 heteroatoms. The fourth-order valence-electron chi connectivity index (χ4n) is 3.96. The molecular formula is C17H16O2. The Morgan fingerprint density at radius 3 is 2.79 bits per heavy atom. The van der Waals surface area contributed by atoms with Crippen molar-refractivity contribution >= 4 is 5.97 Å². The van der Waals surface area contributed by atoms with E-state index in [4.69, 9.17) is 4.74 Å². The van der Waals surface area contributed by atoms with Crippen molar-refractivity contribution in [3.05, 3.63) is 35.4 Å². The Morgan fingerprint density at radius 2 is 2.00 bits per heavy atom. The molecule has 0 radical (unpaired) electrons. The Hall–Kier alpha value is -1.75. The number of esters is 1. The number of rotatable bonds is 0. The van der Waals surface area contributed by atoms with E-state index in [-0.39, 0.29) is 23.9 Å². The van der Waals surface area contributed by atoms with E-state index in [0.717, 1.165) is 18.4 Å². The van der Waals surface area contributed by atoms with Crippen LogP contribution in [-0.4, -0.2) is 12.1 Å². The lowest BCUT2D eigenvalue weighted by molar-refractivity contribution is -0.143. The highest BCUT2D eigenvalue weighted by molar-refractivity contribution is 5.76. The minimum Gasteiger partial charge on any atom is -0.460 e. The summed E-state index contributed by atoms with van der Waals surface area (Å²) in [6.07, 6.45) is 2.20. The van der Waals surface area contributed by atoms with E-state index in [9.17, 15) is 4.79 Å². The average molecular weight is 252 g/mol. The van der Waals surface area contributed by atoms with Crippen molar-refractivity contribution in [1.82, 2.24) is 0 Å². The third-order valence-electron chi connectivity index (χ3n) is 4.92. The molecule has 0 N–H and O–H groups in total. The van der Waals surface area contributed by atoms with Crippen LogP contribution in [0.3, 0.4) is 0 Å². The number of carbonyl (C=O) groups excluding carboxylic acids is 1. The molecule has 1 aromatic carbocycles. The standard InChI is InChI=1S/C17H16O2/c1-10-2-4-11(5-3-10)6-7-13-12-8-14-15(9-12)17(18)19-16(13)14/h2-5,12-16H,8-9H2,1H3/t12-,13-,14+,15-,16+/m1/s1. The molecule has 3 fully saturated rings. The lowest BCUT2D eigenvalue weighted by Gasteiger charge is -2.20. The summed E-state index contributed by atoms with van der Waals surface area (Å²) in [7, 11) is 0. The second-order valence-corrected chi connectivity index (χ2v) is 6.06. The zero-order chi connectivity index (χ0) is 13.0. The topological polar surface area (TPSA) is 26.3 Å². The second-order valence-electron chi connectivity index (χ2n) is 6.06. The molecule has 2 nitrogen and oxygen atoms in total. The molecule has 0 amide bonds. The van der Waals surface area contributed by atoms with Gasteiger partial charge < -0.3 is 4.74 Å². The molecule has 2 aliphatic carbocycles. The molecule has 19 heavy (non-hydrogen) atoms. The van der Waals surface area contributed by atoms with Gasteiger partial charge in [-0.15, -0.1) is 0 Å². The van der Waals surface area contributed by atoms with Crippen LogP contribution in [0.15, 0.2) is 24.3 Å². The summed E-state index contributed by atoms with van der Waals surface area (Å²) in [6, 6.07) is 8.27. The van der Waals surface area contributed by atoms with E-state index in [1.807, 2.05) is 0 Å². The van der Waals surface area contributed by atoms with Gasteiger partial charge in [0.05, 0.1) is 11.8 Å². The van der Waals surface area contributed by atoms with Gasteiger partial charge in [-0.3, -0.25) is 4.79 Å². The molecule has 2 bridgehead atoms. The third-order valence-corrected chi connectivity index (χ3v) is 4.92. The highest BCUT2D eigenvalue weighted by atomic mass is 16.6. The highest BCUT2D eigenvalue weighted by Crippen LogP contribution is 2.57. The first-order chi connectivity index (χ1) is 9.22. The van der Waals surface area contributed by atoms with Gasteiger partial charge in [0.15, 0.2) is 0 Å². The van der Waals surface area contributed by atoms with E-state index in [1.165, 1.54) is 5.56 Å². The van der Waals surface area contributed by atoms with Crippen LogP contribution in [0.2, 0.25) is 0 Å². The summed E-state index contributed by atoms with van der Waals surface area (Å²) in [5.74, 6) is 8.12. The zero-order valence-corrected chi connectivity index (χ0v) is 10.9. The van der Waals surface area contributed by atoms with Gasteiger partial charge in [0.25, 0.3) is 0 Å². The summed E-state index contributed by atoms with van der Waals surface area (Å²) < 4.78 is 5.52. The quantitative estimate of drug-likeness (QED) is 0.524. The molecular weight excluding hydrogens is 236 g/mol. The van der Waals surface area contributed by atoms with Gasteiger partial charge in [-0.1, -0.05) is 29.5 Å². The third kappa shape index (κ3) is 1.61. The lowest BCUT2D eigenvalue weighted by atomic mass is 9.82. The molecule has 3 aliphatic rings. The summed E-state index contributed by atoms with van der Waals surface area (Å²) in [5.41, 5.74) is 2.30. The number of hydrogen-bond acceptors (Lipinski definition) is 2. The Labute approximate surface area is 113 Å². The van der Waals surface area contributed by atoms with E-state index in [0.29, 0.717) is 11.8 Å². The van der Waals surface area contributed by atoms with Gasteiger partial charge >= 0.3 is 5.97 Å². The summed E-state index contributed by atoms with van der Waals surface area (Å²) >= 11 is 0. The Morgan fingerprint density at radius 1 is 1.21 bits per heavy atom. The highest BCUT2D eigenvalue weighted by Gasteiger charge is 2.61. The molecule has 2 saturated carbocycles. The first kappa shape index (κ1) is 11.1. The van der Waals surface area contributed by atoms with Crippen LogP contribution in [0.25, 0.3) is 0 Å². The second kappa shape index (κ2) is 3.87. The molecule has 0 aromatic heterocycles. The fourth-order valence-corrected chi connectivity index (χ4v) is 3.96. The predicted octanol–water partition coefficient (Wildman–Crippen LogP) is 2.54. The minimum absolute atomic E-state index is 0.0251. The van der Waals surface area contributed by atoms with Crippen LogP contribution in [-0.2, 0) is 9.53 Å². The van der Waals surface area contributed by atoms with Crippen LogP contribution in [0.4, 0.5) is 0 Å². The SMILES string of the molecule is Cc1ccc(C#C[C@@H]2[C@@H]3C[C@@H]4[C@H]2OC(=O)[C@@H]4C3)cc1. The Bertz CT molecular complexity index is 590. The van der Waals surface area contributed by atoms with Gasteiger partial charge in [0, 0.05) is 11.5 Å². The first-order valence-corrected chi connectivity index (χ1v) is 7.01. The van der Waals surface area contributed by atoms with Gasteiger partial charge in [-0.2, -0.15) is 0 Å². The molecule has 0 spiro atoms. The maximum atomic E-state index is 11.7. The van der Waals surface area contributed by atoms with Gasteiger partial charge in [0.2, 0.25) is 0 Å². The maximum Gasteiger partial charge on any atom is 0.309 e. The van der Waals surface area contributed by atoms with Crippen LogP contribution >= 0.6 is 0 Å². The predicted molar refractivity (Wildman–Crippen MR) is 71.1 cm³/mol. The molecule has 5 atom stereocenters. The van der Waals surface area contributed by atoms with E-state index < -0.39 is 0 Å². The van der Waals surface area contributed by atoms with Crippen LogP contribution in [0, 0.1) is 42.4 Å². The molecule has 1 saturated heterocycles. The smallest absolute Gasteiger partial charge is 0.309 e. The maximum absolute atomic E-state index is 11.7. The van der Waals surface area contributed by atoms with Crippen molar-refractivity contribution < 1.29 is 9.53 Å². The van der Waals surface area contributed by atoms with Crippen molar-refractivity contribution in [1.29, 1.82) is 0 Å². The van der Waals surface area contributed by atoms with Crippen LogP contribution in [0.5, 0.6) is 0 Å². The fraction of sp³-hybridized carbons (Fsp3) is 0.471. The molecule has 96 valence electrons. The molecule has 4 rings (SSSR count). The van der Waals surface area contributed by atoms with Crippen LogP contribution in [0.1, 0.15) is 24.0 Å². The number of ether oxygens (including phenoxy) is 1. The summed E-state index contributed by atoms with van der Waals surface area (Å²) in [6.45, 7) is 2.07. The van der Waals surface area contributed by atoms with Gasteiger partial charge in [0.1, 0.15) is 6.10 Å². The first-order valence-electron chi connectivity index (χ1n) is 7.01. The number of benzene rings is 1. The number of aryl methyl sites for hydroxylation is 1. The Balaban J connectivity index is 1.59. The van der Waals surface area contributed by atoms with Crippen LogP contribution < -0.4 is 0 Å². The van der Waals surface area contributed by atoms with Crippen molar-refractivity contribution in [3.8, 4) is 11.8 Å². The minimum atomic E-state index is 0.0251.